The van der Waals surface area contributed by atoms with Crippen LogP contribution >= 0.6 is 11.6 Å². The molecule has 176 valence electrons. The van der Waals surface area contributed by atoms with E-state index in [9.17, 15) is 14.4 Å². The molecule has 1 aromatic carbocycles. The first kappa shape index (κ1) is 25.5. The van der Waals surface area contributed by atoms with Gasteiger partial charge in [0.15, 0.2) is 5.69 Å². The summed E-state index contributed by atoms with van der Waals surface area (Å²) in [6.07, 6.45) is 2.11. The molecule has 0 bridgehead atoms. The van der Waals surface area contributed by atoms with Crippen LogP contribution in [0.4, 0.5) is 11.5 Å². The lowest BCUT2D eigenvalue weighted by Gasteiger charge is -2.24. The van der Waals surface area contributed by atoms with Gasteiger partial charge in [-0.2, -0.15) is 0 Å². The molecule has 0 aliphatic carbocycles. The van der Waals surface area contributed by atoms with E-state index < -0.39 is 11.2 Å². The van der Waals surface area contributed by atoms with Crippen LogP contribution in [0.15, 0.2) is 27.8 Å². The summed E-state index contributed by atoms with van der Waals surface area (Å²) in [5.74, 6) is 0.333. The number of carbonyl (C=O) groups excluding carboxylic acids is 1. The van der Waals surface area contributed by atoms with Crippen LogP contribution in [0.3, 0.4) is 0 Å². The number of nitrogen functional groups attached to an aromatic ring is 1. The molecule has 2 aromatic rings. The Bertz CT molecular complexity index is 1030. The zero-order chi connectivity index (χ0) is 23.7. The molecule has 0 saturated carbocycles. The molecule has 0 unspecified atom stereocenters. The number of aromatic nitrogens is 2. The number of amides is 1. The molecule has 1 amide bonds. The van der Waals surface area contributed by atoms with Crippen molar-refractivity contribution < 1.29 is 14.3 Å². The molecule has 1 heterocycles. The number of nitrogens with two attached hydrogens (primary N) is 1. The number of halogens is 1. The molecule has 32 heavy (non-hydrogen) atoms. The highest BCUT2D eigenvalue weighted by Crippen LogP contribution is 2.22. The van der Waals surface area contributed by atoms with Gasteiger partial charge < -0.3 is 20.1 Å². The Morgan fingerprint density at radius 1 is 1.25 bits per heavy atom. The topological polar surface area (TPSA) is 120 Å². The van der Waals surface area contributed by atoms with Gasteiger partial charge in [0.25, 0.3) is 5.56 Å². The van der Waals surface area contributed by atoms with Crippen molar-refractivity contribution in [2.75, 3.05) is 37.5 Å². The van der Waals surface area contributed by atoms with E-state index in [1.165, 1.54) is 16.6 Å². The Morgan fingerprint density at radius 3 is 2.66 bits per heavy atom. The highest BCUT2D eigenvalue weighted by molar-refractivity contribution is 6.31. The van der Waals surface area contributed by atoms with Crippen LogP contribution in [0, 0.1) is 6.92 Å². The molecule has 3 N–H and O–H groups in total. The zero-order valence-corrected chi connectivity index (χ0v) is 19.5. The number of methoxy groups -OCH3 is 1. The second-order valence-corrected chi connectivity index (χ2v) is 7.81. The molecule has 2 rings (SSSR count). The van der Waals surface area contributed by atoms with E-state index in [2.05, 4.69) is 4.98 Å². The number of anilines is 2. The number of nitrogens with one attached hydrogen (secondary N) is 1. The van der Waals surface area contributed by atoms with Crippen LogP contribution < -0.4 is 26.6 Å². The molecule has 0 fully saturated rings. The van der Waals surface area contributed by atoms with Gasteiger partial charge in [-0.1, -0.05) is 24.9 Å². The SMILES string of the molecule is CCCCn1c(N)c(N(CCOC)C(=O)CCCOc2ccc(Cl)c(C)c2)c(=O)[nH]c1=O. The van der Waals surface area contributed by atoms with Crippen LogP contribution in [0.1, 0.15) is 38.2 Å². The van der Waals surface area contributed by atoms with Gasteiger partial charge in [0.05, 0.1) is 13.2 Å². The molecule has 1 aromatic heterocycles. The van der Waals surface area contributed by atoms with Gasteiger partial charge in [-0.25, -0.2) is 4.79 Å². The van der Waals surface area contributed by atoms with Gasteiger partial charge in [-0.3, -0.25) is 19.1 Å². The predicted molar refractivity (Wildman–Crippen MR) is 126 cm³/mol. The van der Waals surface area contributed by atoms with Gasteiger partial charge >= 0.3 is 5.69 Å². The number of carbonyl (C=O) groups is 1. The van der Waals surface area contributed by atoms with E-state index in [0.717, 1.165) is 12.0 Å². The van der Waals surface area contributed by atoms with Crippen molar-refractivity contribution in [3.05, 3.63) is 49.6 Å². The Kier molecular flexibility index (Phi) is 9.80. The lowest BCUT2D eigenvalue weighted by atomic mass is 10.2. The van der Waals surface area contributed by atoms with Crippen molar-refractivity contribution in [1.82, 2.24) is 9.55 Å². The normalized spacial score (nSPS) is 10.9. The first-order valence-electron chi connectivity index (χ1n) is 10.6. The highest BCUT2D eigenvalue weighted by Gasteiger charge is 2.23. The van der Waals surface area contributed by atoms with E-state index in [4.69, 9.17) is 26.8 Å². The third-order valence-electron chi connectivity index (χ3n) is 4.97. The van der Waals surface area contributed by atoms with Crippen molar-refractivity contribution in [3.8, 4) is 5.75 Å². The number of unbranched alkanes of at least 4 members (excludes halogenated alkanes) is 1. The molecular weight excluding hydrogens is 436 g/mol. The average Bonchev–Trinajstić information content (AvgIpc) is 2.75. The van der Waals surface area contributed by atoms with E-state index in [1.807, 2.05) is 19.9 Å². The maximum Gasteiger partial charge on any atom is 0.330 e. The molecule has 0 aliphatic rings. The Hall–Kier alpha value is -2.78. The molecule has 0 aliphatic heterocycles. The van der Waals surface area contributed by atoms with Crippen LogP contribution in [0.5, 0.6) is 5.75 Å². The second kappa shape index (κ2) is 12.3. The van der Waals surface area contributed by atoms with Crippen molar-refractivity contribution in [2.24, 2.45) is 0 Å². The minimum Gasteiger partial charge on any atom is -0.494 e. The molecule has 0 atom stereocenters. The average molecular weight is 467 g/mol. The molecular formula is C22H31ClN4O5. The van der Waals surface area contributed by atoms with Crippen molar-refractivity contribution in [3.63, 3.8) is 0 Å². The Labute approximate surface area is 192 Å². The van der Waals surface area contributed by atoms with Crippen molar-refractivity contribution in [2.45, 2.75) is 46.1 Å². The number of H-pyrrole nitrogens is 1. The minimum atomic E-state index is -0.697. The molecule has 0 radical (unpaired) electrons. The highest BCUT2D eigenvalue weighted by atomic mass is 35.5. The summed E-state index contributed by atoms with van der Waals surface area (Å²) < 4.78 is 12.1. The molecule has 0 spiro atoms. The van der Waals surface area contributed by atoms with Gasteiger partial charge in [0, 0.05) is 31.6 Å². The molecule has 9 nitrogen and oxygen atoms in total. The first-order chi connectivity index (χ1) is 15.3. The summed E-state index contributed by atoms with van der Waals surface area (Å²) in [6, 6.07) is 5.35. The fourth-order valence-corrected chi connectivity index (χ4v) is 3.29. The molecule has 0 saturated heterocycles. The van der Waals surface area contributed by atoms with Gasteiger partial charge in [-0.05, 0) is 43.5 Å². The van der Waals surface area contributed by atoms with Crippen molar-refractivity contribution >= 4 is 29.0 Å². The smallest absolute Gasteiger partial charge is 0.330 e. The lowest BCUT2D eigenvalue weighted by Crippen LogP contribution is -2.42. The fraction of sp³-hybridized carbons (Fsp3) is 0.500. The second-order valence-electron chi connectivity index (χ2n) is 7.40. The fourth-order valence-electron chi connectivity index (χ4n) is 3.18. The standard InChI is InChI=1S/C22H31ClN4O5/c1-4-5-10-27-20(24)19(21(29)25-22(27)30)26(11-13-31-3)18(28)7-6-12-32-16-8-9-17(23)15(2)14-16/h8-9,14H,4-7,10-13,24H2,1-3H3,(H,25,29,30). The number of hydrogen-bond acceptors (Lipinski definition) is 6. The van der Waals surface area contributed by atoms with Crippen LogP contribution in [0.25, 0.3) is 0 Å². The largest absolute Gasteiger partial charge is 0.494 e. The van der Waals surface area contributed by atoms with Crippen LogP contribution in [-0.2, 0) is 16.1 Å². The monoisotopic (exact) mass is 466 g/mol. The number of nitrogens with zero attached hydrogens (tertiary/aromatic N) is 2. The van der Waals surface area contributed by atoms with Crippen molar-refractivity contribution in [1.29, 1.82) is 0 Å². The van der Waals surface area contributed by atoms with E-state index >= 15 is 0 Å². The Balaban J connectivity index is 2.14. The molecule has 10 heteroatoms. The van der Waals surface area contributed by atoms with E-state index in [0.29, 0.717) is 36.8 Å². The maximum absolute atomic E-state index is 13.0. The number of ether oxygens (including phenoxy) is 2. The van der Waals surface area contributed by atoms with Crippen LogP contribution in [-0.4, -0.2) is 42.3 Å². The summed E-state index contributed by atoms with van der Waals surface area (Å²) in [5, 5.41) is 0.657. The zero-order valence-electron chi connectivity index (χ0n) is 18.8. The lowest BCUT2D eigenvalue weighted by molar-refractivity contribution is -0.119. The minimum absolute atomic E-state index is 0.0236. The third kappa shape index (κ3) is 6.61. The predicted octanol–water partition coefficient (Wildman–Crippen LogP) is 2.72. The summed E-state index contributed by atoms with van der Waals surface area (Å²) in [6.45, 7) is 4.87. The Morgan fingerprint density at radius 2 is 2.00 bits per heavy atom. The summed E-state index contributed by atoms with van der Waals surface area (Å²) in [4.78, 5) is 41.3. The quantitative estimate of drug-likeness (QED) is 0.464. The number of hydrogen-bond donors (Lipinski definition) is 2. The van der Waals surface area contributed by atoms with Gasteiger partial charge in [0.1, 0.15) is 11.6 Å². The summed E-state index contributed by atoms with van der Waals surface area (Å²) in [5.41, 5.74) is 5.75. The number of rotatable bonds is 12. The van der Waals surface area contributed by atoms with Crippen LogP contribution in [0.2, 0.25) is 5.02 Å². The van der Waals surface area contributed by atoms with Gasteiger partial charge in [0.2, 0.25) is 5.91 Å². The van der Waals surface area contributed by atoms with E-state index in [-0.39, 0.29) is 37.0 Å². The van der Waals surface area contributed by atoms with E-state index in [1.54, 1.807) is 12.1 Å². The summed E-state index contributed by atoms with van der Waals surface area (Å²) >= 11 is 6.02. The first-order valence-corrected chi connectivity index (χ1v) is 11.0. The third-order valence-corrected chi connectivity index (χ3v) is 5.40. The number of benzene rings is 1. The summed E-state index contributed by atoms with van der Waals surface area (Å²) in [7, 11) is 1.50. The number of aromatic amines is 1. The maximum atomic E-state index is 13.0. The van der Waals surface area contributed by atoms with Gasteiger partial charge in [-0.15, -0.1) is 0 Å². The number of aryl methyl sites for hydroxylation is 1.